The molecule has 4 nitrogen and oxygen atoms in total. The lowest BCUT2D eigenvalue weighted by molar-refractivity contribution is -0.286. The molecule has 1 heterocycles. The molecule has 1 aliphatic heterocycles. The zero-order valence-electron chi connectivity index (χ0n) is 8.29. The Kier molecular flexibility index (Phi) is 2.22. The van der Waals surface area contributed by atoms with E-state index in [9.17, 15) is 13.6 Å². The minimum atomic E-state index is -3.72. The third-order valence-electron chi connectivity index (χ3n) is 2.26. The van der Waals surface area contributed by atoms with Crippen molar-refractivity contribution in [1.29, 1.82) is 0 Å². The SMILES string of the molecule is CCc1c(C(=O)O)ccc2c1OC(F)(F)O2. The van der Waals surface area contributed by atoms with Gasteiger partial charge < -0.3 is 14.6 Å². The van der Waals surface area contributed by atoms with Crippen LogP contribution in [0.1, 0.15) is 22.8 Å². The number of hydrogen-bond donors (Lipinski definition) is 1. The van der Waals surface area contributed by atoms with E-state index in [1.165, 1.54) is 12.1 Å². The molecule has 0 aromatic heterocycles. The van der Waals surface area contributed by atoms with Crippen molar-refractivity contribution < 1.29 is 28.2 Å². The number of benzene rings is 1. The smallest absolute Gasteiger partial charge is 0.478 e. The first kappa shape index (κ1) is 10.7. The third-order valence-corrected chi connectivity index (χ3v) is 2.26. The molecule has 0 atom stereocenters. The van der Waals surface area contributed by atoms with Gasteiger partial charge in [0.15, 0.2) is 11.5 Å². The number of hydrogen-bond acceptors (Lipinski definition) is 3. The van der Waals surface area contributed by atoms with Gasteiger partial charge in [0.2, 0.25) is 0 Å². The second kappa shape index (κ2) is 3.33. The highest BCUT2D eigenvalue weighted by atomic mass is 19.3. The molecular weight excluding hydrogens is 222 g/mol. The number of fused-ring (bicyclic) bond motifs is 1. The maximum absolute atomic E-state index is 12.8. The second-order valence-corrected chi connectivity index (χ2v) is 3.25. The van der Waals surface area contributed by atoms with E-state index >= 15 is 0 Å². The van der Waals surface area contributed by atoms with Crippen LogP contribution in [0, 0.1) is 0 Å². The van der Waals surface area contributed by atoms with Crippen LogP contribution in [-0.2, 0) is 6.42 Å². The third kappa shape index (κ3) is 1.56. The van der Waals surface area contributed by atoms with Crippen LogP contribution in [0.5, 0.6) is 11.5 Å². The van der Waals surface area contributed by atoms with Gasteiger partial charge in [-0.1, -0.05) is 6.92 Å². The minimum absolute atomic E-state index is 0.0532. The van der Waals surface area contributed by atoms with Crippen LogP contribution in [-0.4, -0.2) is 17.4 Å². The van der Waals surface area contributed by atoms with Crippen LogP contribution in [0.15, 0.2) is 12.1 Å². The Morgan fingerprint density at radius 1 is 1.44 bits per heavy atom. The molecule has 0 radical (unpaired) electrons. The summed E-state index contributed by atoms with van der Waals surface area (Å²) in [7, 11) is 0. The van der Waals surface area contributed by atoms with Crippen LogP contribution in [0.4, 0.5) is 8.78 Å². The lowest BCUT2D eigenvalue weighted by Gasteiger charge is -2.07. The van der Waals surface area contributed by atoms with Crippen molar-refractivity contribution in [3.05, 3.63) is 23.3 Å². The van der Waals surface area contributed by atoms with Crippen LogP contribution < -0.4 is 9.47 Å². The van der Waals surface area contributed by atoms with E-state index in [4.69, 9.17) is 5.11 Å². The van der Waals surface area contributed by atoms with Crippen molar-refractivity contribution in [3.63, 3.8) is 0 Å². The van der Waals surface area contributed by atoms with Crippen LogP contribution in [0.2, 0.25) is 0 Å². The molecule has 0 fully saturated rings. The summed E-state index contributed by atoms with van der Waals surface area (Å²) in [6.07, 6.45) is -3.45. The summed E-state index contributed by atoms with van der Waals surface area (Å²) in [5.41, 5.74) is 0.157. The normalized spacial score (nSPS) is 16.2. The molecular formula is C10H8F2O4. The number of rotatable bonds is 2. The molecule has 1 aromatic carbocycles. The lowest BCUT2D eigenvalue weighted by Crippen LogP contribution is -2.26. The first-order valence-corrected chi connectivity index (χ1v) is 4.59. The second-order valence-electron chi connectivity index (χ2n) is 3.25. The topological polar surface area (TPSA) is 55.8 Å². The number of aromatic carboxylic acids is 1. The van der Waals surface area contributed by atoms with Crippen LogP contribution >= 0.6 is 0 Å². The van der Waals surface area contributed by atoms with Gasteiger partial charge in [-0.2, -0.15) is 0 Å². The first-order chi connectivity index (χ1) is 7.44. The van der Waals surface area contributed by atoms with E-state index in [-0.39, 0.29) is 29.0 Å². The zero-order valence-corrected chi connectivity index (χ0v) is 8.29. The summed E-state index contributed by atoms with van der Waals surface area (Å²) in [5.74, 6) is -1.50. The molecule has 0 unspecified atom stereocenters. The highest BCUT2D eigenvalue weighted by Crippen LogP contribution is 2.44. The van der Waals surface area contributed by atoms with E-state index in [0.717, 1.165) is 0 Å². The fourth-order valence-corrected chi connectivity index (χ4v) is 1.62. The van der Waals surface area contributed by atoms with Gasteiger partial charge in [-0.15, -0.1) is 8.78 Å². The number of carbonyl (C=O) groups is 1. The molecule has 0 spiro atoms. The molecule has 0 saturated carbocycles. The molecule has 1 aromatic rings. The highest BCUT2D eigenvalue weighted by Gasteiger charge is 2.45. The van der Waals surface area contributed by atoms with Gasteiger partial charge in [-0.05, 0) is 18.6 Å². The fourth-order valence-electron chi connectivity index (χ4n) is 1.62. The molecule has 1 aliphatic rings. The summed E-state index contributed by atoms with van der Waals surface area (Å²) in [4.78, 5) is 10.9. The molecule has 6 heteroatoms. The number of carboxylic acid groups (broad SMARTS) is 1. The van der Waals surface area contributed by atoms with Crippen LogP contribution in [0.25, 0.3) is 0 Å². The summed E-state index contributed by atoms with van der Waals surface area (Å²) in [5, 5.41) is 8.87. The first-order valence-electron chi connectivity index (χ1n) is 4.59. The summed E-state index contributed by atoms with van der Waals surface area (Å²) in [6.45, 7) is 1.65. The van der Waals surface area contributed by atoms with Gasteiger partial charge in [0, 0.05) is 5.56 Å². The van der Waals surface area contributed by atoms with Gasteiger partial charge in [-0.3, -0.25) is 0 Å². The Morgan fingerprint density at radius 3 is 2.69 bits per heavy atom. The van der Waals surface area contributed by atoms with Crippen molar-refractivity contribution in [1.82, 2.24) is 0 Å². The van der Waals surface area contributed by atoms with Gasteiger partial charge in [0.1, 0.15) is 0 Å². The average molecular weight is 230 g/mol. The Balaban J connectivity index is 2.56. The maximum Gasteiger partial charge on any atom is 0.586 e. The molecule has 0 amide bonds. The van der Waals surface area contributed by atoms with Gasteiger partial charge in [0.25, 0.3) is 0 Å². The maximum atomic E-state index is 12.8. The van der Waals surface area contributed by atoms with Crippen molar-refractivity contribution in [2.75, 3.05) is 0 Å². The number of halogens is 2. The van der Waals surface area contributed by atoms with Crippen molar-refractivity contribution in [3.8, 4) is 11.5 Å². The lowest BCUT2D eigenvalue weighted by atomic mass is 10.0. The highest BCUT2D eigenvalue weighted by molar-refractivity contribution is 5.91. The van der Waals surface area contributed by atoms with Gasteiger partial charge in [0.05, 0.1) is 5.56 Å². The predicted molar refractivity (Wildman–Crippen MR) is 49.0 cm³/mol. The van der Waals surface area contributed by atoms with Gasteiger partial charge in [-0.25, -0.2) is 4.79 Å². The Morgan fingerprint density at radius 2 is 2.12 bits per heavy atom. The Labute approximate surface area is 89.4 Å². The quantitative estimate of drug-likeness (QED) is 0.846. The zero-order chi connectivity index (χ0) is 11.9. The predicted octanol–water partition coefficient (Wildman–Crippen LogP) is 2.27. The minimum Gasteiger partial charge on any atom is -0.478 e. The number of ether oxygens (including phenoxy) is 2. The monoisotopic (exact) mass is 230 g/mol. The Hall–Kier alpha value is -1.85. The number of alkyl halides is 2. The summed E-state index contributed by atoms with van der Waals surface area (Å²) < 4.78 is 34.1. The largest absolute Gasteiger partial charge is 0.586 e. The van der Waals surface area contributed by atoms with E-state index in [1.54, 1.807) is 6.92 Å². The fraction of sp³-hybridized carbons (Fsp3) is 0.300. The van der Waals surface area contributed by atoms with E-state index in [0.29, 0.717) is 0 Å². The molecule has 0 saturated heterocycles. The Bertz CT molecular complexity index is 456. The van der Waals surface area contributed by atoms with Crippen LogP contribution in [0.3, 0.4) is 0 Å². The van der Waals surface area contributed by atoms with E-state index in [1.807, 2.05) is 0 Å². The summed E-state index contributed by atoms with van der Waals surface area (Å²) >= 11 is 0. The van der Waals surface area contributed by atoms with E-state index < -0.39 is 12.3 Å². The number of carboxylic acids is 1. The summed E-state index contributed by atoms with van der Waals surface area (Å²) in [6, 6.07) is 2.39. The van der Waals surface area contributed by atoms with Crippen molar-refractivity contribution in [2.45, 2.75) is 19.6 Å². The molecule has 2 rings (SSSR count). The average Bonchev–Trinajstić information content (AvgIpc) is 2.49. The molecule has 0 bridgehead atoms. The standard InChI is InChI=1S/C10H8F2O4/c1-2-5-6(9(13)14)3-4-7-8(5)16-10(11,12)15-7/h3-4H,2H2,1H3,(H,13,14). The molecule has 16 heavy (non-hydrogen) atoms. The van der Waals surface area contributed by atoms with Crippen molar-refractivity contribution in [2.24, 2.45) is 0 Å². The molecule has 86 valence electrons. The van der Waals surface area contributed by atoms with Gasteiger partial charge >= 0.3 is 12.3 Å². The van der Waals surface area contributed by atoms with Crippen molar-refractivity contribution >= 4 is 5.97 Å². The van der Waals surface area contributed by atoms with E-state index in [2.05, 4.69) is 9.47 Å². The molecule has 1 N–H and O–H groups in total. The molecule has 0 aliphatic carbocycles.